The number of thiophene rings is 1. The summed E-state index contributed by atoms with van der Waals surface area (Å²) in [5.74, 6) is -0.995. The lowest BCUT2D eigenvalue weighted by molar-refractivity contribution is 0.0606. The summed E-state index contributed by atoms with van der Waals surface area (Å²) < 4.78 is 4.60. The molecule has 1 aromatic heterocycles. The number of esters is 1. The Kier molecular flexibility index (Phi) is 4.90. The molecule has 22 heavy (non-hydrogen) atoms. The lowest BCUT2D eigenvalue weighted by atomic mass is 10.2. The zero-order chi connectivity index (χ0) is 16.1. The van der Waals surface area contributed by atoms with Gasteiger partial charge in [-0.05, 0) is 36.4 Å². The van der Waals surface area contributed by atoms with Crippen LogP contribution in [0.1, 0.15) is 29.7 Å². The second kappa shape index (κ2) is 6.86. The highest BCUT2D eigenvalue weighted by atomic mass is 32.1. The molecule has 0 spiro atoms. The molecule has 0 unspecified atom stereocenters. The summed E-state index contributed by atoms with van der Waals surface area (Å²) in [6, 6.07) is 9.60. The first-order valence-corrected chi connectivity index (χ1v) is 7.18. The van der Waals surface area contributed by atoms with Gasteiger partial charge in [-0.25, -0.2) is 4.79 Å². The van der Waals surface area contributed by atoms with E-state index in [0.717, 1.165) is 11.3 Å². The van der Waals surface area contributed by atoms with Crippen LogP contribution in [0.5, 0.6) is 0 Å². The predicted octanol–water partition coefficient (Wildman–Crippen LogP) is 2.15. The molecule has 0 fully saturated rings. The molecule has 6 nitrogen and oxygen atoms in total. The number of carbonyl (C=O) groups is 3. The second-order valence-electron chi connectivity index (χ2n) is 4.27. The highest BCUT2D eigenvalue weighted by Crippen LogP contribution is 2.19. The van der Waals surface area contributed by atoms with Gasteiger partial charge < -0.3 is 15.4 Å². The van der Waals surface area contributed by atoms with Gasteiger partial charge in [-0.15, -0.1) is 11.3 Å². The number of methoxy groups -OCH3 is 1. The zero-order valence-electron chi connectivity index (χ0n) is 12.0. The lowest BCUT2D eigenvalue weighted by Crippen LogP contribution is -2.17. The normalized spacial score (nSPS) is 9.91. The second-order valence-corrected chi connectivity index (χ2v) is 5.35. The Balaban J connectivity index is 2.07. The Labute approximate surface area is 131 Å². The molecule has 1 heterocycles. The van der Waals surface area contributed by atoms with E-state index in [1.54, 1.807) is 43.4 Å². The summed E-state index contributed by atoms with van der Waals surface area (Å²) >= 11 is 1.05. The average Bonchev–Trinajstić information content (AvgIpc) is 3.04. The first-order chi connectivity index (χ1) is 10.5. The average molecular weight is 318 g/mol. The van der Waals surface area contributed by atoms with Crippen molar-refractivity contribution < 1.29 is 19.1 Å². The zero-order valence-corrected chi connectivity index (χ0v) is 12.8. The molecule has 2 aromatic rings. The number of amides is 2. The summed E-state index contributed by atoms with van der Waals surface area (Å²) in [6.07, 6.45) is 0. The maximum atomic E-state index is 12.1. The molecular formula is C15H14N2O4S. The van der Waals surface area contributed by atoms with Gasteiger partial charge in [0.05, 0.1) is 12.0 Å². The fraction of sp³-hybridized carbons (Fsp3) is 0.133. The van der Waals surface area contributed by atoms with E-state index in [1.807, 2.05) is 0 Å². The Bertz CT molecular complexity index is 707. The van der Waals surface area contributed by atoms with E-state index in [9.17, 15) is 14.4 Å². The third-order valence-corrected chi connectivity index (χ3v) is 3.91. The first kappa shape index (κ1) is 15.7. The van der Waals surface area contributed by atoms with Gasteiger partial charge in [0, 0.05) is 18.3 Å². The van der Waals surface area contributed by atoms with Crippen LogP contribution in [-0.4, -0.2) is 31.9 Å². The van der Waals surface area contributed by atoms with Crippen LogP contribution in [-0.2, 0) is 4.74 Å². The molecule has 0 aliphatic carbocycles. The Morgan fingerprint density at radius 2 is 1.59 bits per heavy atom. The smallest absolute Gasteiger partial charge is 0.348 e. The first-order valence-electron chi connectivity index (χ1n) is 6.37. The summed E-state index contributed by atoms with van der Waals surface area (Å²) in [7, 11) is 2.84. The predicted molar refractivity (Wildman–Crippen MR) is 83.4 cm³/mol. The van der Waals surface area contributed by atoms with Gasteiger partial charge in [-0.2, -0.15) is 0 Å². The van der Waals surface area contributed by atoms with E-state index < -0.39 is 5.97 Å². The SMILES string of the molecule is CNC(=O)c1ccc(NC(=O)c2ccc(C(=O)OC)s2)cc1. The Morgan fingerprint density at radius 3 is 2.18 bits per heavy atom. The molecule has 0 radical (unpaired) electrons. The molecule has 0 saturated heterocycles. The largest absolute Gasteiger partial charge is 0.465 e. The van der Waals surface area contributed by atoms with E-state index in [0.29, 0.717) is 21.0 Å². The molecule has 0 aliphatic rings. The quantitative estimate of drug-likeness (QED) is 0.846. The molecule has 0 saturated carbocycles. The van der Waals surface area contributed by atoms with E-state index in [-0.39, 0.29) is 11.8 Å². The number of hydrogen-bond donors (Lipinski definition) is 2. The number of ether oxygens (including phenoxy) is 1. The molecule has 0 atom stereocenters. The van der Waals surface area contributed by atoms with Crippen molar-refractivity contribution in [3.8, 4) is 0 Å². The standard InChI is InChI=1S/C15H14N2O4S/c1-16-13(18)9-3-5-10(6-4-9)17-14(19)11-7-8-12(22-11)15(20)21-2/h3-8H,1-2H3,(H,16,18)(H,17,19). The fourth-order valence-electron chi connectivity index (χ4n) is 1.71. The van der Waals surface area contributed by atoms with Crippen LogP contribution in [0.25, 0.3) is 0 Å². The molecule has 0 bridgehead atoms. The van der Waals surface area contributed by atoms with Crippen molar-refractivity contribution in [3.05, 3.63) is 51.7 Å². The molecule has 2 amide bonds. The van der Waals surface area contributed by atoms with E-state index in [4.69, 9.17) is 0 Å². The molecule has 2 N–H and O–H groups in total. The van der Waals surface area contributed by atoms with Crippen molar-refractivity contribution in [2.24, 2.45) is 0 Å². The van der Waals surface area contributed by atoms with Gasteiger partial charge in [0.15, 0.2) is 0 Å². The van der Waals surface area contributed by atoms with Crippen LogP contribution in [0.4, 0.5) is 5.69 Å². The van der Waals surface area contributed by atoms with Gasteiger partial charge in [-0.3, -0.25) is 9.59 Å². The molecule has 1 aromatic carbocycles. The minimum atomic E-state index is -0.473. The van der Waals surface area contributed by atoms with E-state index in [1.165, 1.54) is 7.11 Å². The topological polar surface area (TPSA) is 84.5 Å². The fourth-order valence-corrected chi connectivity index (χ4v) is 2.53. The monoisotopic (exact) mass is 318 g/mol. The third-order valence-electron chi connectivity index (χ3n) is 2.85. The van der Waals surface area contributed by atoms with Crippen molar-refractivity contribution in [1.82, 2.24) is 5.32 Å². The number of rotatable bonds is 4. The molecule has 7 heteroatoms. The minimum absolute atomic E-state index is 0.196. The van der Waals surface area contributed by atoms with Gasteiger partial charge in [0.1, 0.15) is 4.88 Å². The third kappa shape index (κ3) is 3.50. The molecule has 0 aliphatic heterocycles. The highest BCUT2D eigenvalue weighted by molar-refractivity contribution is 7.16. The number of hydrogen-bond acceptors (Lipinski definition) is 5. The van der Waals surface area contributed by atoms with Crippen LogP contribution in [0.15, 0.2) is 36.4 Å². The Morgan fingerprint density at radius 1 is 0.955 bits per heavy atom. The summed E-state index contributed by atoms with van der Waals surface area (Å²) in [5.41, 5.74) is 1.07. The van der Waals surface area contributed by atoms with E-state index in [2.05, 4.69) is 15.4 Å². The maximum absolute atomic E-state index is 12.1. The van der Waals surface area contributed by atoms with Crippen LogP contribution in [0.3, 0.4) is 0 Å². The number of carbonyl (C=O) groups excluding carboxylic acids is 3. The number of anilines is 1. The van der Waals surface area contributed by atoms with Crippen LogP contribution in [0.2, 0.25) is 0 Å². The highest BCUT2D eigenvalue weighted by Gasteiger charge is 2.14. The number of benzene rings is 1. The van der Waals surface area contributed by atoms with Crippen LogP contribution in [0, 0.1) is 0 Å². The van der Waals surface area contributed by atoms with Gasteiger partial charge in [-0.1, -0.05) is 0 Å². The van der Waals surface area contributed by atoms with Crippen molar-refractivity contribution in [3.63, 3.8) is 0 Å². The molecule has 114 valence electrons. The molecular weight excluding hydrogens is 304 g/mol. The molecule has 2 rings (SSSR count). The van der Waals surface area contributed by atoms with Gasteiger partial charge >= 0.3 is 5.97 Å². The summed E-state index contributed by atoms with van der Waals surface area (Å²) in [5, 5.41) is 5.22. The number of nitrogens with one attached hydrogen (secondary N) is 2. The minimum Gasteiger partial charge on any atom is -0.465 e. The summed E-state index contributed by atoms with van der Waals surface area (Å²) in [4.78, 5) is 35.6. The Hall–Kier alpha value is -2.67. The maximum Gasteiger partial charge on any atom is 0.348 e. The van der Waals surface area contributed by atoms with Crippen molar-refractivity contribution in [1.29, 1.82) is 0 Å². The summed E-state index contributed by atoms with van der Waals surface area (Å²) in [6.45, 7) is 0. The van der Waals surface area contributed by atoms with Crippen LogP contribution >= 0.6 is 11.3 Å². The van der Waals surface area contributed by atoms with Crippen molar-refractivity contribution >= 4 is 34.8 Å². The van der Waals surface area contributed by atoms with Crippen molar-refractivity contribution in [2.75, 3.05) is 19.5 Å². The van der Waals surface area contributed by atoms with Crippen molar-refractivity contribution in [2.45, 2.75) is 0 Å². The van der Waals surface area contributed by atoms with Gasteiger partial charge in [0.2, 0.25) is 0 Å². The lowest BCUT2D eigenvalue weighted by Gasteiger charge is -2.05. The van der Waals surface area contributed by atoms with Crippen LogP contribution < -0.4 is 10.6 Å². The van der Waals surface area contributed by atoms with Gasteiger partial charge in [0.25, 0.3) is 11.8 Å². The van der Waals surface area contributed by atoms with E-state index >= 15 is 0 Å².